The van der Waals surface area contributed by atoms with Crippen LogP contribution in [0.1, 0.15) is 258 Å². The van der Waals surface area contributed by atoms with Gasteiger partial charge in [0, 0.05) is 39.3 Å². The topological polar surface area (TPSA) is 110 Å². The molecule has 0 aromatic carbocycles. The molecule has 0 spiro atoms. The molecule has 0 heterocycles. The molecular weight excluding hydrogens is 879 g/mol. The van der Waals surface area contributed by atoms with Crippen molar-refractivity contribution in [3.05, 3.63) is 24.3 Å². The van der Waals surface area contributed by atoms with E-state index >= 15 is 0 Å². The number of hydrogen-bond donors (Lipinski definition) is 0. The molecule has 0 aromatic heterocycles. The highest BCUT2D eigenvalue weighted by Gasteiger charge is 2.12. The van der Waals surface area contributed by atoms with Crippen molar-refractivity contribution in [2.45, 2.75) is 264 Å². The molecule has 10 nitrogen and oxygen atoms in total. The van der Waals surface area contributed by atoms with Crippen molar-refractivity contribution in [1.29, 1.82) is 0 Å². The van der Waals surface area contributed by atoms with Crippen LogP contribution in [0, 0.1) is 0 Å². The number of hydrogen-bond acceptors (Lipinski definition) is 10. The Morgan fingerprint density at radius 2 is 0.643 bits per heavy atom. The molecule has 414 valence electrons. The summed E-state index contributed by atoms with van der Waals surface area (Å²) in [7, 11) is 7.14. The van der Waals surface area contributed by atoms with Crippen LogP contribution in [0.25, 0.3) is 0 Å². The summed E-state index contributed by atoms with van der Waals surface area (Å²) >= 11 is 0. The van der Waals surface area contributed by atoms with Crippen LogP contribution in [-0.2, 0) is 42.8 Å². The fourth-order valence-electron chi connectivity index (χ4n) is 7.96. The number of esters is 2. The number of methoxy groups -OCH3 is 2. The molecule has 0 saturated carbocycles. The van der Waals surface area contributed by atoms with Crippen LogP contribution in [-0.4, -0.2) is 110 Å². The van der Waals surface area contributed by atoms with E-state index in [2.05, 4.69) is 66.6 Å². The third-order valence-corrected chi connectivity index (χ3v) is 12.8. The third-order valence-electron chi connectivity index (χ3n) is 12.8. The average molecular weight is 995 g/mol. The monoisotopic (exact) mass is 994 g/mol. The molecule has 0 radical (unpaired) electrons. The minimum absolute atomic E-state index is 0.0533. The number of Topliss-reactive ketones (excluding diaryl/α,β-unsaturated/α-hetero) is 1. The van der Waals surface area contributed by atoms with Crippen molar-refractivity contribution in [2.75, 3.05) is 81.2 Å². The van der Waals surface area contributed by atoms with E-state index in [0.29, 0.717) is 32.1 Å². The van der Waals surface area contributed by atoms with Crippen LogP contribution < -0.4 is 0 Å². The third kappa shape index (κ3) is 60.2. The highest BCUT2D eigenvalue weighted by atomic mass is 16.5. The summed E-state index contributed by atoms with van der Waals surface area (Å²) in [5.41, 5.74) is 0. The van der Waals surface area contributed by atoms with Gasteiger partial charge in [-0.3, -0.25) is 14.4 Å². The van der Waals surface area contributed by atoms with Crippen molar-refractivity contribution < 1.29 is 42.8 Å². The van der Waals surface area contributed by atoms with E-state index in [1.165, 1.54) is 188 Å². The lowest BCUT2D eigenvalue weighted by Gasteiger charge is -2.24. The second-order valence-corrected chi connectivity index (χ2v) is 19.8. The highest BCUT2D eigenvalue weighted by molar-refractivity contribution is 5.80. The van der Waals surface area contributed by atoms with E-state index in [1.807, 2.05) is 0 Å². The predicted molar refractivity (Wildman–Crippen MR) is 295 cm³/mol. The minimum atomic E-state index is -0.0974. The second-order valence-electron chi connectivity index (χ2n) is 19.8. The van der Waals surface area contributed by atoms with Gasteiger partial charge in [0.2, 0.25) is 0 Å². The average Bonchev–Trinajstić information content (AvgIpc) is 3.36. The maximum Gasteiger partial charge on any atom is 0.305 e. The zero-order chi connectivity index (χ0) is 51.5. The molecular formula is C60H115NO9. The number of carbonyl (C=O) groups is 3. The normalized spacial score (nSPS) is 12.0. The number of carbonyl (C=O) groups excluding carboxylic acids is 3. The summed E-state index contributed by atoms with van der Waals surface area (Å²) in [6.07, 6.45) is 54.3. The largest absolute Gasteiger partial charge is 0.469 e. The lowest BCUT2D eigenvalue weighted by Crippen LogP contribution is -2.37. The zero-order valence-corrected chi connectivity index (χ0v) is 47.0. The number of nitrogens with zero attached hydrogens (tertiary/aromatic N) is 1. The minimum Gasteiger partial charge on any atom is -0.469 e. The Bertz CT molecular complexity index is 1130. The van der Waals surface area contributed by atoms with Crippen LogP contribution in [0.5, 0.6) is 0 Å². The van der Waals surface area contributed by atoms with Crippen molar-refractivity contribution in [1.82, 2.24) is 4.90 Å². The molecule has 10 heteroatoms. The van der Waals surface area contributed by atoms with Crippen LogP contribution >= 0.6 is 0 Å². The van der Waals surface area contributed by atoms with Crippen LogP contribution in [0.3, 0.4) is 0 Å². The van der Waals surface area contributed by atoms with Gasteiger partial charge >= 0.3 is 11.9 Å². The highest BCUT2D eigenvalue weighted by Crippen LogP contribution is 2.13. The van der Waals surface area contributed by atoms with Gasteiger partial charge in [-0.15, -0.1) is 0 Å². The Kier molecular flexibility index (Phi) is 61.2. The summed E-state index contributed by atoms with van der Waals surface area (Å²) < 4.78 is 32.1. The van der Waals surface area contributed by atoms with Crippen molar-refractivity contribution in [3.8, 4) is 0 Å². The number of unbranched alkanes of at least 4 members (excludes halogenated alkanes) is 30. The van der Waals surface area contributed by atoms with Gasteiger partial charge < -0.3 is 33.3 Å². The molecule has 0 aliphatic rings. The summed E-state index contributed by atoms with van der Waals surface area (Å²) in [5.74, 6) is -0.131. The SMILES string of the molecule is CCCCCCCCOCC(=O)COCCCCCCCC/C=C\CCCCCCC(=O)OC.CCCCCCCCOCC(COCCCCCCCC/C=C\CCCCCCC(=O)OC)N(C)C. The summed E-state index contributed by atoms with van der Waals surface area (Å²) in [4.78, 5) is 36.0. The lowest BCUT2D eigenvalue weighted by molar-refractivity contribution is -0.141. The molecule has 0 amide bonds. The maximum absolute atomic E-state index is 11.7. The maximum atomic E-state index is 11.7. The molecule has 0 aliphatic carbocycles. The molecule has 0 bridgehead atoms. The van der Waals surface area contributed by atoms with Gasteiger partial charge in [0.25, 0.3) is 0 Å². The number of allylic oxidation sites excluding steroid dienone is 4. The van der Waals surface area contributed by atoms with Gasteiger partial charge in [0.05, 0.1) is 33.5 Å². The molecule has 0 fully saturated rings. The smallest absolute Gasteiger partial charge is 0.305 e. The van der Waals surface area contributed by atoms with Gasteiger partial charge in [-0.25, -0.2) is 0 Å². The van der Waals surface area contributed by atoms with E-state index in [9.17, 15) is 14.4 Å². The molecule has 0 aliphatic heterocycles. The van der Waals surface area contributed by atoms with Gasteiger partial charge in [-0.1, -0.05) is 179 Å². The van der Waals surface area contributed by atoms with Gasteiger partial charge in [0.1, 0.15) is 13.2 Å². The van der Waals surface area contributed by atoms with Crippen molar-refractivity contribution >= 4 is 17.7 Å². The Morgan fingerprint density at radius 3 is 0.943 bits per heavy atom. The summed E-state index contributed by atoms with van der Waals surface area (Å²) in [5, 5.41) is 0. The van der Waals surface area contributed by atoms with Gasteiger partial charge in [0.15, 0.2) is 5.78 Å². The van der Waals surface area contributed by atoms with E-state index in [0.717, 1.165) is 84.2 Å². The fourth-order valence-corrected chi connectivity index (χ4v) is 7.96. The number of ether oxygens (including phenoxy) is 6. The van der Waals surface area contributed by atoms with Crippen molar-refractivity contribution in [2.24, 2.45) is 0 Å². The molecule has 0 saturated heterocycles. The summed E-state index contributed by atoms with van der Waals surface area (Å²) in [6, 6.07) is 0.352. The number of rotatable bonds is 55. The Hall–Kier alpha value is -2.11. The Balaban J connectivity index is 0. The second kappa shape index (κ2) is 61.2. The molecule has 0 N–H and O–H groups in total. The first kappa shape index (κ1) is 70.0. The molecule has 0 rings (SSSR count). The summed E-state index contributed by atoms with van der Waals surface area (Å²) in [6.45, 7) is 9.52. The van der Waals surface area contributed by atoms with Gasteiger partial charge in [-0.05, 0) is 104 Å². The van der Waals surface area contributed by atoms with Crippen LogP contribution in [0.2, 0.25) is 0 Å². The molecule has 1 atom stereocenters. The first-order valence-electron chi connectivity index (χ1n) is 29.2. The fraction of sp³-hybridized carbons (Fsp3) is 0.883. The van der Waals surface area contributed by atoms with Crippen LogP contribution in [0.15, 0.2) is 24.3 Å². The Labute approximate surface area is 433 Å². The van der Waals surface area contributed by atoms with E-state index in [4.69, 9.17) is 18.9 Å². The first-order chi connectivity index (χ1) is 34.3. The first-order valence-corrected chi connectivity index (χ1v) is 29.2. The molecule has 1 unspecified atom stereocenters. The van der Waals surface area contributed by atoms with E-state index in [1.54, 1.807) is 0 Å². The van der Waals surface area contributed by atoms with Gasteiger partial charge in [-0.2, -0.15) is 0 Å². The number of likely N-dealkylation sites (N-methyl/N-ethyl adjacent to an activating group) is 1. The van der Waals surface area contributed by atoms with Crippen molar-refractivity contribution in [3.63, 3.8) is 0 Å². The van der Waals surface area contributed by atoms with E-state index in [-0.39, 0.29) is 30.9 Å². The lowest BCUT2D eigenvalue weighted by atomic mass is 10.1. The Morgan fingerprint density at radius 1 is 0.371 bits per heavy atom. The molecule has 70 heavy (non-hydrogen) atoms. The molecule has 0 aromatic rings. The van der Waals surface area contributed by atoms with Crippen LogP contribution in [0.4, 0.5) is 0 Å². The number of ketones is 1. The zero-order valence-electron chi connectivity index (χ0n) is 47.0. The quantitative estimate of drug-likeness (QED) is 0.0332. The standard InChI is InChI=1S/C31H61NO4.C29H54O5/c1-5-6-7-8-20-23-26-35-28-30(32(2)3)29-36-27-24-21-18-16-14-12-10-9-11-13-15-17-19-22-25-31(33)34-4;1-3-4-5-6-18-21-24-33-26-28(30)27-34-25-22-19-16-14-12-10-8-7-9-11-13-15-17-20-23-29(31)32-2/h9,11,30H,5-8,10,12-29H2,1-4H3;7,9H,3-6,8,10-27H2,1-2H3/b11-9-;9-7-. The predicted octanol–water partition coefficient (Wildman–Crippen LogP) is 15.9. The van der Waals surface area contributed by atoms with E-state index < -0.39 is 0 Å².